The van der Waals surface area contributed by atoms with E-state index in [9.17, 15) is 8.78 Å². The van der Waals surface area contributed by atoms with Crippen LogP contribution in [0.4, 0.5) is 8.78 Å². The van der Waals surface area contributed by atoms with Crippen molar-refractivity contribution >= 4 is 6.21 Å². The van der Waals surface area contributed by atoms with Crippen LogP contribution in [0.2, 0.25) is 0 Å². The fourth-order valence-corrected chi connectivity index (χ4v) is 1.89. The maximum atomic E-state index is 12.9. The molecule has 6 heteroatoms. The van der Waals surface area contributed by atoms with Gasteiger partial charge in [0.05, 0.1) is 6.54 Å². The van der Waals surface area contributed by atoms with Crippen LogP contribution in [0.15, 0.2) is 17.1 Å². The third-order valence-electron chi connectivity index (χ3n) is 2.82. The number of rotatable bonds is 1. The lowest BCUT2D eigenvalue weighted by Crippen LogP contribution is -2.25. The zero-order valence-corrected chi connectivity index (χ0v) is 9.65. The molecule has 0 spiro atoms. The summed E-state index contributed by atoms with van der Waals surface area (Å²) < 4.78 is 40.3. The number of alkyl halides is 2. The second-order valence-electron chi connectivity index (χ2n) is 4.15. The smallest absolute Gasteiger partial charge is 0.488 e. The molecule has 0 saturated heterocycles. The van der Waals surface area contributed by atoms with Gasteiger partial charge in [-0.3, -0.25) is 4.99 Å². The van der Waals surface area contributed by atoms with Crippen LogP contribution in [-0.4, -0.2) is 25.2 Å². The quantitative estimate of drug-likeness (QED) is 0.774. The molecule has 96 valence electrons. The number of aliphatic imine (C=N–C) groups is 1. The van der Waals surface area contributed by atoms with Gasteiger partial charge in [-0.15, -0.1) is 8.78 Å². The van der Waals surface area contributed by atoms with Gasteiger partial charge in [-0.05, 0) is 12.5 Å². The summed E-state index contributed by atoms with van der Waals surface area (Å²) in [5, 5.41) is 0. The first-order chi connectivity index (χ1) is 8.57. The number of hydrogen-bond donors (Lipinski definition) is 0. The van der Waals surface area contributed by atoms with Crippen molar-refractivity contribution in [1.29, 1.82) is 0 Å². The molecular formula is C12H11F2NO3. The molecule has 0 N–H and O–H groups in total. The third-order valence-corrected chi connectivity index (χ3v) is 2.82. The van der Waals surface area contributed by atoms with Crippen LogP contribution in [0.25, 0.3) is 0 Å². The monoisotopic (exact) mass is 255 g/mol. The van der Waals surface area contributed by atoms with Crippen LogP contribution in [-0.2, 0) is 0 Å². The molecule has 0 saturated carbocycles. The van der Waals surface area contributed by atoms with Crippen molar-refractivity contribution in [2.45, 2.75) is 25.7 Å². The van der Waals surface area contributed by atoms with E-state index in [2.05, 4.69) is 14.5 Å². The summed E-state index contributed by atoms with van der Waals surface area (Å²) in [6, 6.07) is 2.87. The first kappa shape index (κ1) is 11.3. The van der Waals surface area contributed by atoms with Gasteiger partial charge in [0.2, 0.25) is 0 Å². The normalized spacial score (nSPS) is 23.2. The fraction of sp³-hybridized carbons (Fsp3) is 0.417. The largest absolute Gasteiger partial charge is 0.586 e. The predicted octanol–water partition coefficient (Wildman–Crippen LogP) is 2.60. The van der Waals surface area contributed by atoms with Gasteiger partial charge in [-0.2, -0.15) is 0 Å². The molecule has 0 fully saturated rings. The molecule has 2 aliphatic heterocycles. The second-order valence-corrected chi connectivity index (χ2v) is 4.15. The Bertz CT molecular complexity index is 516. The van der Waals surface area contributed by atoms with Gasteiger partial charge in [0.1, 0.15) is 11.9 Å². The van der Waals surface area contributed by atoms with Crippen molar-refractivity contribution in [2.75, 3.05) is 6.54 Å². The van der Waals surface area contributed by atoms with E-state index >= 15 is 0 Å². The van der Waals surface area contributed by atoms with Gasteiger partial charge in [-0.1, -0.05) is 6.92 Å². The maximum Gasteiger partial charge on any atom is 0.586 e. The molecule has 0 aromatic heterocycles. The van der Waals surface area contributed by atoms with Crippen LogP contribution >= 0.6 is 0 Å². The first-order valence-corrected chi connectivity index (χ1v) is 5.68. The van der Waals surface area contributed by atoms with E-state index in [1.165, 1.54) is 12.1 Å². The Balaban J connectivity index is 2.00. The zero-order valence-electron chi connectivity index (χ0n) is 9.65. The molecule has 2 heterocycles. The molecule has 0 radical (unpaired) electrons. The fourth-order valence-electron chi connectivity index (χ4n) is 1.89. The Labute approximate surface area is 102 Å². The Morgan fingerprint density at radius 3 is 2.72 bits per heavy atom. The summed E-state index contributed by atoms with van der Waals surface area (Å²) in [5.74, 6) is 0.482. The van der Waals surface area contributed by atoms with Crippen LogP contribution in [0.5, 0.6) is 17.2 Å². The molecule has 1 aromatic carbocycles. The van der Waals surface area contributed by atoms with Crippen LogP contribution in [0, 0.1) is 0 Å². The minimum atomic E-state index is -3.61. The summed E-state index contributed by atoms with van der Waals surface area (Å²) in [6.45, 7) is 2.53. The average Bonchev–Trinajstić information content (AvgIpc) is 2.48. The Morgan fingerprint density at radius 2 is 2.00 bits per heavy atom. The minimum Gasteiger partial charge on any atom is -0.488 e. The molecule has 0 aliphatic carbocycles. The molecule has 18 heavy (non-hydrogen) atoms. The molecule has 0 bridgehead atoms. The van der Waals surface area contributed by atoms with Gasteiger partial charge < -0.3 is 14.2 Å². The zero-order chi connectivity index (χ0) is 12.8. The lowest BCUT2D eigenvalue weighted by Gasteiger charge is -2.14. The number of fused-ring (bicyclic) bond motifs is 2. The van der Waals surface area contributed by atoms with Gasteiger partial charge >= 0.3 is 6.29 Å². The summed E-state index contributed by atoms with van der Waals surface area (Å²) >= 11 is 0. The third kappa shape index (κ3) is 1.87. The lowest BCUT2D eigenvalue weighted by atomic mass is 10.2. The van der Waals surface area contributed by atoms with Crippen LogP contribution in [0.3, 0.4) is 0 Å². The summed E-state index contributed by atoms with van der Waals surface area (Å²) in [7, 11) is 0. The standard InChI is InChI=1S/C12H11F2NO3/c1-2-8-6-15-5-7-3-10-11(4-9(7)16-8)18-12(13,14)17-10/h3-5,8H,2,6H2,1H3/t8-/m1/s1. The van der Waals surface area contributed by atoms with Crippen molar-refractivity contribution < 1.29 is 23.0 Å². The topological polar surface area (TPSA) is 40.0 Å². The number of ether oxygens (including phenoxy) is 3. The van der Waals surface area contributed by atoms with E-state index < -0.39 is 6.29 Å². The van der Waals surface area contributed by atoms with E-state index in [1.807, 2.05) is 6.92 Å². The Hall–Kier alpha value is -1.85. The highest BCUT2D eigenvalue weighted by atomic mass is 19.3. The van der Waals surface area contributed by atoms with E-state index in [0.29, 0.717) is 17.9 Å². The number of nitrogens with zero attached hydrogens (tertiary/aromatic N) is 1. The number of halogens is 2. The molecular weight excluding hydrogens is 244 g/mol. The van der Waals surface area contributed by atoms with Crippen molar-refractivity contribution in [3.05, 3.63) is 17.7 Å². The van der Waals surface area contributed by atoms with Gasteiger partial charge in [0.25, 0.3) is 0 Å². The second kappa shape index (κ2) is 3.83. The van der Waals surface area contributed by atoms with Crippen molar-refractivity contribution in [3.63, 3.8) is 0 Å². The molecule has 4 nitrogen and oxygen atoms in total. The highest BCUT2D eigenvalue weighted by molar-refractivity contribution is 5.85. The first-order valence-electron chi connectivity index (χ1n) is 5.68. The molecule has 1 atom stereocenters. The van der Waals surface area contributed by atoms with Crippen LogP contribution in [0.1, 0.15) is 18.9 Å². The highest BCUT2D eigenvalue weighted by Gasteiger charge is 2.44. The highest BCUT2D eigenvalue weighted by Crippen LogP contribution is 2.44. The predicted molar refractivity (Wildman–Crippen MR) is 59.8 cm³/mol. The molecule has 0 amide bonds. The Morgan fingerprint density at radius 1 is 1.28 bits per heavy atom. The maximum absolute atomic E-state index is 12.9. The lowest BCUT2D eigenvalue weighted by molar-refractivity contribution is -0.286. The van der Waals surface area contributed by atoms with E-state index in [1.54, 1.807) is 6.21 Å². The summed E-state index contributed by atoms with van der Waals surface area (Å²) in [6.07, 6.45) is -1.26. The molecule has 2 aliphatic rings. The SMILES string of the molecule is CC[C@@H]1CN=Cc2cc3c(cc2O1)OC(F)(F)O3. The summed E-state index contributed by atoms with van der Waals surface area (Å²) in [5.41, 5.74) is 0.617. The van der Waals surface area contributed by atoms with E-state index in [4.69, 9.17) is 4.74 Å². The minimum absolute atomic E-state index is 0.00347. The van der Waals surface area contributed by atoms with E-state index in [0.717, 1.165) is 6.42 Å². The van der Waals surface area contributed by atoms with Crippen molar-refractivity contribution in [1.82, 2.24) is 0 Å². The van der Waals surface area contributed by atoms with Crippen molar-refractivity contribution in [3.8, 4) is 17.2 Å². The van der Waals surface area contributed by atoms with Crippen LogP contribution < -0.4 is 14.2 Å². The van der Waals surface area contributed by atoms with Crippen molar-refractivity contribution in [2.24, 2.45) is 4.99 Å². The average molecular weight is 255 g/mol. The van der Waals surface area contributed by atoms with Gasteiger partial charge in [0.15, 0.2) is 11.5 Å². The van der Waals surface area contributed by atoms with Gasteiger partial charge in [-0.25, -0.2) is 0 Å². The molecule has 0 unspecified atom stereocenters. The molecule has 3 rings (SSSR count). The number of hydrogen-bond acceptors (Lipinski definition) is 4. The molecule has 1 aromatic rings. The van der Waals surface area contributed by atoms with Gasteiger partial charge in [0, 0.05) is 17.8 Å². The summed E-state index contributed by atoms with van der Waals surface area (Å²) in [4.78, 5) is 4.19. The van der Waals surface area contributed by atoms with E-state index in [-0.39, 0.29) is 17.6 Å². The number of benzene rings is 1. The Kier molecular flexibility index (Phi) is 2.39.